The summed E-state index contributed by atoms with van der Waals surface area (Å²) in [6.07, 6.45) is 10.3. The smallest absolute Gasteiger partial charge is 0.335 e. The predicted molar refractivity (Wildman–Crippen MR) is 86.0 cm³/mol. The van der Waals surface area contributed by atoms with E-state index in [1.807, 2.05) is 12.1 Å². The fraction of sp³-hybridized carbons (Fsp3) is 0.444. The lowest BCUT2D eigenvalue weighted by atomic mass is 10.1. The molecule has 118 valence electrons. The van der Waals surface area contributed by atoms with Crippen molar-refractivity contribution in [1.29, 1.82) is 0 Å². The molecule has 0 saturated carbocycles. The Bertz CT molecular complexity index is 615. The second-order valence-electron chi connectivity index (χ2n) is 5.77. The molecule has 0 radical (unpaired) electrons. The SMILES string of the molecule is CCCCCCc1n(Cc2ccc(C(=O)O)cc2)cc[n+]1C. The van der Waals surface area contributed by atoms with Crippen molar-refractivity contribution in [2.24, 2.45) is 7.05 Å². The zero-order chi connectivity index (χ0) is 15.9. The summed E-state index contributed by atoms with van der Waals surface area (Å²) in [5, 5.41) is 8.95. The van der Waals surface area contributed by atoms with Gasteiger partial charge >= 0.3 is 5.97 Å². The molecule has 0 aliphatic heterocycles. The molecule has 2 rings (SSSR count). The maximum absolute atomic E-state index is 10.9. The number of rotatable bonds is 8. The molecule has 0 saturated heterocycles. The van der Waals surface area contributed by atoms with E-state index in [4.69, 9.17) is 5.11 Å². The number of hydrogen-bond donors (Lipinski definition) is 1. The number of imidazole rings is 1. The van der Waals surface area contributed by atoms with E-state index in [0.717, 1.165) is 18.5 Å². The number of aryl methyl sites for hydroxylation is 1. The second-order valence-corrected chi connectivity index (χ2v) is 5.77. The highest BCUT2D eigenvalue weighted by atomic mass is 16.4. The Kier molecular flexibility index (Phi) is 5.75. The van der Waals surface area contributed by atoms with Crippen LogP contribution in [0.15, 0.2) is 36.7 Å². The quantitative estimate of drug-likeness (QED) is 0.601. The van der Waals surface area contributed by atoms with Gasteiger partial charge in [0.1, 0.15) is 18.9 Å². The molecule has 0 aliphatic rings. The molecule has 0 atom stereocenters. The number of benzene rings is 1. The van der Waals surface area contributed by atoms with Crippen molar-refractivity contribution in [3.63, 3.8) is 0 Å². The van der Waals surface area contributed by atoms with E-state index in [-0.39, 0.29) is 0 Å². The van der Waals surface area contributed by atoms with Gasteiger partial charge < -0.3 is 5.11 Å². The van der Waals surface area contributed by atoms with E-state index in [0.29, 0.717) is 5.56 Å². The van der Waals surface area contributed by atoms with Gasteiger partial charge in [-0.1, -0.05) is 38.3 Å². The van der Waals surface area contributed by atoms with Gasteiger partial charge in [0.2, 0.25) is 0 Å². The minimum atomic E-state index is -0.879. The highest BCUT2D eigenvalue weighted by Gasteiger charge is 2.14. The molecule has 0 spiro atoms. The van der Waals surface area contributed by atoms with Gasteiger partial charge in [0.25, 0.3) is 5.82 Å². The molecule has 1 aromatic carbocycles. The third-order valence-electron chi connectivity index (χ3n) is 4.02. The summed E-state index contributed by atoms with van der Waals surface area (Å²) in [5.74, 6) is 0.439. The molecule has 0 fully saturated rings. The van der Waals surface area contributed by atoms with Crippen molar-refractivity contribution in [3.8, 4) is 0 Å². The van der Waals surface area contributed by atoms with Gasteiger partial charge in [-0.15, -0.1) is 0 Å². The van der Waals surface area contributed by atoms with Crippen LogP contribution in [0.5, 0.6) is 0 Å². The topological polar surface area (TPSA) is 46.1 Å². The number of carboxylic acid groups (broad SMARTS) is 1. The Morgan fingerprint density at radius 1 is 1.18 bits per heavy atom. The van der Waals surface area contributed by atoms with Crippen LogP contribution in [0.4, 0.5) is 0 Å². The Hall–Kier alpha value is -2.10. The highest BCUT2D eigenvalue weighted by Crippen LogP contribution is 2.10. The first-order chi connectivity index (χ1) is 10.6. The van der Waals surface area contributed by atoms with E-state index in [1.54, 1.807) is 12.1 Å². The standard InChI is InChI=1S/C18H24N2O2/c1-3-4-5-6-7-17-19(2)12-13-20(17)14-15-8-10-16(11-9-15)18(21)22/h8-13H,3-7,14H2,1-2H3/p+1. The normalized spacial score (nSPS) is 10.8. The summed E-state index contributed by atoms with van der Waals surface area (Å²) in [6.45, 7) is 3.01. The van der Waals surface area contributed by atoms with Crippen molar-refractivity contribution >= 4 is 5.97 Å². The Labute approximate surface area is 132 Å². The van der Waals surface area contributed by atoms with Gasteiger partial charge in [0.05, 0.1) is 12.6 Å². The van der Waals surface area contributed by atoms with E-state index in [1.165, 1.54) is 31.5 Å². The molecule has 4 nitrogen and oxygen atoms in total. The molecule has 1 N–H and O–H groups in total. The van der Waals surface area contributed by atoms with E-state index in [9.17, 15) is 4.79 Å². The van der Waals surface area contributed by atoms with Crippen LogP contribution in [-0.4, -0.2) is 15.6 Å². The molecule has 0 unspecified atom stereocenters. The van der Waals surface area contributed by atoms with Gasteiger partial charge in [-0.25, -0.2) is 13.9 Å². The minimum Gasteiger partial charge on any atom is -0.478 e. The van der Waals surface area contributed by atoms with E-state index >= 15 is 0 Å². The van der Waals surface area contributed by atoms with Gasteiger partial charge in [0, 0.05) is 6.42 Å². The van der Waals surface area contributed by atoms with Crippen molar-refractivity contribution < 1.29 is 14.5 Å². The van der Waals surface area contributed by atoms with Crippen molar-refractivity contribution in [2.75, 3.05) is 0 Å². The molecule has 1 aromatic heterocycles. The Morgan fingerprint density at radius 3 is 2.55 bits per heavy atom. The number of aromatic carboxylic acids is 1. The fourth-order valence-corrected chi connectivity index (χ4v) is 2.68. The van der Waals surface area contributed by atoms with Gasteiger partial charge in [-0.05, 0) is 24.1 Å². The van der Waals surface area contributed by atoms with Crippen LogP contribution in [0.1, 0.15) is 54.4 Å². The molecule has 0 amide bonds. The molecule has 2 aromatic rings. The summed E-state index contributed by atoms with van der Waals surface area (Å²) in [4.78, 5) is 10.9. The molecule has 22 heavy (non-hydrogen) atoms. The molecule has 4 heteroatoms. The summed E-state index contributed by atoms with van der Waals surface area (Å²) in [6, 6.07) is 7.12. The number of carboxylic acids is 1. The average molecular weight is 301 g/mol. The largest absolute Gasteiger partial charge is 0.478 e. The van der Waals surface area contributed by atoms with E-state index in [2.05, 4.69) is 35.5 Å². The fourth-order valence-electron chi connectivity index (χ4n) is 2.68. The summed E-state index contributed by atoms with van der Waals surface area (Å²) in [7, 11) is 2.08. The molecule has 0 bridgehead atoms. The first-order valence-corrected chi connectivity index (χ1v) is 7.97. The van der Waals surface area contributed by atoms with Gasteiger partial charge in [-0.2, -0.15) is 0 Å². The summed E-state index contributed by atoms with van der Waals surface area (Å²) >= 11 is 0. The monoisotopic (exact) mass is 301 g/mol. The Morgan fingerprint density at radius 2 is 1.91 bits per heavy atom. The van der Waals surface area contributed by atoms with Gasteiger partial charge in [0.15, 0.2) is 0 Å². The van der Waals surface area contributed by atoms with Crippen LogP contribution >= 0.6 is 0 Å². The van der Waals surface area contributed by atoms with Crippen molar-refractivity contribution in [2.45, 2.75) is 45.6 Å². The minimum absolute atomic E-state index is 0.335. The maximum Gasteiger partial charge on any atom is 0.335 e. The second kappa shape index (κ2) is 7.78. The zero-order valence-electron chi connectivity index (χ0n) is 13.5. The number of carbonyl (C=O) groups is 1. The lowest BCUT2D eigenvalue weighted by molar-refractivity contribution is -0.678. The van der Waals surface area contributed by atoms with Crippen LogP contribution in [0.2, 0.25) is 0 Å². The molecular weight excluding hydrogens is 276 g/mol. The average Bonchev–Trinajstić information content (AvgIpc) is 2.85. The lowest BCUT2D eigenvalue weighted by Crippen LogP contribution is -2.32. The van der Waals surface area contributed by atoms with E-state index < -0.39 is 5.97 Å². The first-order valence-electron chi connectivity index (χ1n) is 7.97. The maximum atomic E-state index is 10.9. The van der Waals surface area contributed by atoms with Crippen LogP contribution in [0, 0.1) is 0 Å². The number of unbranched alkanes of at least 4 members (excludes halogenated alkanes) is 3. The van der Waals surface area contributed by atoms with Crippen molar-refractivity contribution in [3.05, 3.63) is 53.6 Å². The number of nitrogens with zero attached hydrogens (tertiary/aromatic N) is 2. The summed E-state index contributed by atoms with van der Waals surface area (Å²) in [5.41, 5.74) is 1.46. The number of aromatic nitrogens is 2. The molecular formula is C18H25N2O2+. The lowest BCUT2D eigenvalue weighted by Gasteiger charge is -2.04. The van der Waals surface area contributed by atoms with Crippen LogP contribution in [0.25, 0.3) is 0 Å². The van der Waals surface area contributed by atoms with Crippen LogP contribution in [0.3, 0.4) is 0 Å². The van der Waals surface area contributed by atoms with Crippen LogP contribution in [-0.2, 0) is 20.0 Å². The molecule has 0 aliphatic carbocycles. The zero-order valence-corrected chi connectivity index (χ0v) is 13.5. The summed E-state index contributed by atoms with van der Waals surface area (Å²) < 4.78 is 4.43. The first kappa shape index (κ1) is 16.3. The third kappa shape index (κ3) is 4.20. The predicted octanol–water partition coefficient (Wildman–Crippen LogP) is 3.18. The Balaban J connectivity index is 2.04. The third-order valence-corrected chi connectivity index (χ3v) is 4.02. The van der Waals surface area contributed by atoms with Crippen LogP contribution < -0.4 is 4.57 Å². The highest BCUT2D eigenvalue weighted by molar-refractivity contribution is 5.87. The molecule has 1 heterocycles. The van der Waals surface area contributed by atoms with Gasteiger partial charge in [-0.3, -0.25) is 0 Å². The van der Waals surface area contributed by atoms with Crippen molar-refractivity contribution in [1.82, 2.24) is 4.57 Å². The number of hydrogen-bond acceptors (Lipinski definition) is 1.